The highest BCUT2D eigenvalue weighted by molar-refractivity contribution is 6.04. The third-order valence-electron chi connectivity index (χ3n) is 4.71. The van der Waals surface area contributed by atoms with Crippen LogP contribution in [0, 0.1) is 5.92 Å². The monoisotopic (exact) mass is 380 g/mol. The summed E-state index contributed by atoms with van der Waals surface area (Å²) in [5.74, 6) is 0.483. The first-order valence-electron chi connectivity index (χ1n) is 9.17. The minimum absolute atomic E-state index is 0.149. The van der Waals surface area contributed by atoms with Crippen molar-refractivity contribution in [2.75, 3.05) is 11.9 Å². The van der Waals surface area contributed by atoms with E-state index in [1.54, 1.807) is 22.8 Å². The van der Waals surface area contributed by atoms with Crippen molar-refractivity contribution in [1.29, 1.82) is 0 Å². The van der Waals surface area contributed by atoms with E-state index in [1.807, 2.05) is 44.2 Å². The fourth-order valence-corrected chi connectivity index (χ4v) is 3.44. The van der Waals surface area contributed by atoms with E-state index in [1.165, 1.54) is 7.05 Å². The Balaban J connectivity index is 2.55. The van der Waals surface area contributed by atoms with Crippen LogP contribution in [0.15, 0.2) is 53.3 Å². The molecule has 0 bridgehead atoms. The summed E-state index contributed by atoms with van der Waals surface area (Å²) in [5.41, 5.74) is 1.89. The van der Waals surface area contributed by atoms with E-state index in [0.717, 1.165) is 10.5 Å². The van der Waals surface area contributed by atoms with Gasteiger partial charge in [-0.05, 0) is 34.6 Å². The molecule has 0 aliphatic rings. The van der Waals surface area contributed by atoms with Crippen LogP contribution in [0.1, 0.15) is 19.4 Å². The molecule has 0 spiro atoms. The molecule has 1 amide bonds. The molecule has 28 heavy (non-hydrogen) atoms. The molecule has 0 radical (unpaired) electrons. The van der Waals surface area contributed by atoms with Gasteiger partial charge in [-0.3, -0.25) is 14.3 Å². The summed E-state index contributed by atoms with van der Waals surface area (Å²) in [6.45, 7) is 4.20. The van der Waals surface area contributed by atoms with E-state index >= 15 is 0 Å². The molecule has 3 rings (SSSR count). The highest BCUT2D eigenvalue weighted by Gasteiger charge is 2.24. The molecule has 0 aliphatic carbocycles. The van der Waals surface area contributed by atoms with Gasteiger partial charge in [-0.25, -0.2) is 4.79 Å². The number of aromatic nitrogens is 1. The number of anilines is 1. The van der Waals surface area contributed by atoms with Crippen molar-refractivity contribution in [3.63, 3.8) is 0 Å². The van der Waals surface area contributed by atoms with E-state index in [0.29, 0.717) is 34.3 Å². The quantitative estimate of drug-likeness (QED) is 0.703. The van der Waals surface area contributed by atoms with Gasteiger partial charge in [-0.1, -0.05) is 50.2 Å². The second-order valence-electron chi connectivity index (χ2n) is 7.25. The van der Waals surface area contributed by atoms with Gasteiger partial charge in [0, 0.05) is 24.5 Å². The van der Waals surface area contributed by atoms with Crippen molar-refractivity contribution in [3.8, 4) is 11.1 Å². The van der Waals surface area contributed by atoms with Crippen molar-refractivity contribution >= 4 is 22.7 Å². The zero-order chi connectivity index (χ0) is 20.4. The van der Waals surface area contributed by atoms with E-state index in [9.17, 15) is 19.8 Å². The maximum Gasteiger partial charge on any atom is 0.412 e. The molecular weight excluding hydrogens is 356 g/mol. The predicted molar refractivity (Wildman–Crippen MR) is 111 cm³/mol. The lowest BCUT2D eigenvalue weighted by atomic mass is 9.97. The highest BCUT2D eigenvalue weighted by atomic mass is 16.4. The fraction of sp³-hybridized carbons (Fsp3) is 0.273. The summed E-state index contributed by atoms with van der Waals surface area (Å²) in [5, 5.41) is 20.4. The molecular formula is C22H24N2O4. The highest BCUT2D eigenvalue weighted by Crippen LogP contribution is 2.36. The molecule has 3 aromatic rings. The Kier molecular flexibility index (Phi) is 5.51. The summed E-state index contributed by atoms with van der Waals surface area (Å²) < 4.78 is 1.54. The number of nitrogens with zero attached hydrogens (tertiary/aromatic N) is 2. The normalized spacial score (nSPS) is 11.2. The first kappa shape index (κ1) is 19.6. The van der Waals surface area contributed by atoms with Crippen molar-refractivity contribution in [1.82, 2.24) is 4.57 Å². The number of aliphatic hydroxyl groups is 1. The summed E-state index contributed by atoms with van der Waals surface area (Å²) in [6, 6.07) is 14.6. The summed E-state index contributed by atoms with van der Waals surface area (Å²) in [4.78, 5) is 26.2. The number of pyridine rings is 1. The summed E-state index contributed by atoms with van der Waals surface area (Å²) in [6.07, 6.45) is -1.15. The fourth-order valence-electron chi connectivity index (χ4n) is 3.44. The molecule has 0 unspecified atom stereocenters. The molecule has 0 saturated carbocycles. The minimum atomic E-state index is -1.15. The number of carboxylic acid groups (broad SMARTS) is 1. The number of fused-ring (bicyclic) bond motifs is 1. The van der Waals surface area contributed by atoms with Gasteiger partial charge in [-0.2, -0.15) is 0 Å². The Hall–Kier alpha value is -3.12. The van der Waals surface area contributed by atoms with E-state index < -0.39 is 6.09 Å². The van der Waals surface area contributed by atoms with Gasteiger partial charge in [0.1, 0.15) is 5.82 Å². The van der Waals surface area contributed by atoms with Crippen LogP contribution in [-0.4, -0.2) is 27.9 Å². The summed E-state index contributed by atoms with van der Waals surface area (Å²) >= 11 is 0. The third kappa shape index (κ3) is 3.51. The molecule has 0 atom stereocenters. The van der Waals surface area contributed by atoms with Crippen LogP contribution in [0.5, 0.6) is 0 Å². The molecule has 1 heterocycles. The smallest absolute Gasteiger partial charge is 0.412 e. The maximum atomic E-state index is 13.3. The van der Waals surface area contributed by atoms with Gasteiger partial charge in [0.25, 0.3) is 5.56 Å². The van der Waals surface area contributed by atoms with Crippen LogP contribution in [-0.2, 0) is 13.2 Å². The van der Waals surface area contributed by atoms with E-state index in [-0.39, 0.29) is 18.1 Å². The van der Waals surface area contributed by atoms with Gasteiger partial charge >= 0.3 is 6.09 Å². The van der Waals surface area contributed by atoms with Gasteiger partial charge in [-0.15, -0.1) is 0 Å². The number of amides is 1. The molecule has 0 aliphatic heterocycles. The average Bonchev–Trinajstić information content (AvgIpc) is 2.69. The van der Waals surface area contributed by atoms with E-state index in [2.05, 4.69) is 0 Å². The molecule has 6 heteroatoms. The lowest BCUT2D eigenvalue weighted by Crippen LogP contribution is -2.34. The maximum absolute atomic E-state index is 13.3. The van der Waals surface area contributed by atoms with Crippen molar-refractivity contribution < 1.29 is 15.0 Å². The zero-order valence-electron chi connectivity index (χ0n) is 16.2. The van der Waals surface area contributed by atoms with Gasteiger partial charge in [0.2, 0.25) is 0 Å². The van der Waals surface area contributed by atoms with Crippen LogP contribution < -0.4 is 10.5 Å². The van der Waals surface area contributed by atoms with Gasteiger partial charge in [0.05, 0.1) is 6.61 Å². The Morgan fingerprint density at radius 3 is 2.36 bits per heavy atom. The Morgan fingerprint density at radius 1 is 1.11 bits per heavy atom. The van der Waals surface area contributed by atoms with Crippen LogP contribution in [0.4, 0.5) is 10.6 Å². The molecule has 0 fully saturated rings. The van der Waals surface area contributed by atoms with Crippen LogP contribution >= 0.6 is 0 Å². The molecule has 0 saturated heterocycles. The molecule has 6 nitrogen and oxygen atoms in total. The van der Waals surface area contributed by atoms with Gasteiger partial charge in [0.15, 0.2) is 0 Å². The predicted octanol–water partition coefficient (Wildman–Crippen LogP) is 3.93. The van der Waals surface area contributed by atoms with Crippen molar-refractivity contribution in [2.45, 2.75) is 27.0 Å². The second kappa shape index (κ2) is 7.86. The number of rotatable bonds is 5. The third-order valence-corrected chi connectivity index (χ3v) is 4.71. The Labute approximate surface area is 163 Å². The van der Waals surface area contributed by atoms with Gasteiger partial charge < -0.3 is 10.2 Å². The Bertz CT molecular complexity index is 1070. The Morgan fingerprint density at radius 2 is 1.79 bits per heavy atom. The largest absolute Gasteiger partial charge is 0.465 e. The zero-order valence-corrected chi connectivity index (χ0v) is 16.2. The molecule has 2 N–H and O–H groups in total. The SMILES string of the molecule is CC(C)Cn1c(N(C)C(=O)O)c(-c2ccccc2)c2cc(CO)ccc2c1=O. The molecule has 146 valence electrons. The lowest BCUT2D eigenvalue weighted by Gasteiger charge is -2.26. The number of benzene rings is 2. The number of carbonyl (C=O) groups is 1. The van der Waals surface area contributed by atoms with Crippen molar-refractivity contribution in [2.24, 2.45) is 5.92 Å². The minimum Gasteiger partial charge on any atom is -0.465 e. The standard InChI is InChI=1S/C22H24N2O4/c1-14(2)12-24-20(23(3)22(27)28)19(16-7-5-4-6-8-16)18-11-15(13-25)9-10-17(18)21(24)26/h4-11,14,25H,12-13H2,1-3H3,(H,27,28). The topological polar surface area (TPSA) is 82.8 Å². The average molecular weight is 380 g/mol. The number of hydrogen-bond donors (Lipinski definition) is 2. The van der Waals surface area contributed by atoms with E-state index in [4.69, 9.17) is 0 Å². The van der Waals surface area contributed by atoms with Crippen LogP contribution in [0.25, 0.3) is 21.9 Å². The summed E-state index contributed by atoms with van der Waals surface area (Å²) in [7, 11) is 1.45. The second-order valence-corrected chi connectivity index (χ2v) is 7.25. The lowest BCUT2D eigenvalue weighted by molar-refractivity contribution is 0.203. The first-order valence-corrected chi connectivity index (χ1v) is 9.17. The number of aliphatic hydroxyl groups excluding tert-OH is 1. The number of hydrogen-bond acceptors (Lipinski definition) is 3. The molecule has 1 aromatic heterocycles. The van der Waals surface area contributed by atoms with Crippen LogP contribution in [0.2, 0.25) is 0 Å². The van der Waals surface area contributed by atoms with Crippen LogP contribution in [0.3, 0.4) is 0 Å². The molecule has 2 aromatic carbocycles. The first-order chi connectivity index (χ1) is 13.3. The van der Waals surface area contributed by atoms with Crippen molar-refractivity contribution in [3.05, 3.63) is 64.4 Å².